The lowest BCUT2D eigenvalue weighted by Crippen LogP contribution is -2.13. The first-order valence-electron chi connectivity index (χ1n) is 4.42. The van der Waals surface area contributed by atoms with Gasteiger partial charge in [0.05, 0.1) is 4.43 Å². The Morgan fingerprint density at radius 3 is 2.93 bits per heavy atom. The summed E-state index contributed by atoms with van der Waals surface area (Å²) in [6.45, 7) is 0. The molecule has 0 spiro atoms. The third kappa shape index (κ3) is 0.969. The van der Waals surface area contributed by atoms with Gasteiger partial charge in [-0.25, -0.2) is 0 Å². The molecule has 0 unspecified atom stereocenters. The highest BCUT2D eigenvalue weighted by Crippen LogP contribution is 2.24. The van der Waals surface area contributed by atoms with E-state index < -0.39 is 0 Å². The second kappa shape index (κ2) is 2.60. The minimum atomic E-state index is 0.329. The predicted octanol–water partition coefficient (Wildman–Crippen LogP) is 1.54. The molecule has 3 aromatic rings. The van der Waals surface area contributed by atoms with Gasteiger partial charge in [0.15, 0.2) is 5.58 Å². The van der Waals surface area contributed by atoms with Crippen molar-refractivity contribution in [1.82, 2.24) is 4.73 Å². The molecule has 0 aromatic carbocycles. The molecule has 0 radical (unpaired) electrons. The van der Waals surface area contributed by atoms with E-state index in [-0.39, 0.29) is 0 Å². The zero-order valence-corrected chi connectivity index (χ0v) is 7.62. The molecule has 0 saturated carbocycles. The molecule has 15 heavy (non-hydrogen) atoms. The van der Waals surface area contributed by atoms with Gasteiger partial charge in [0.1, 0.15) is 0 Å². The van der Waals surface area contributed by atoms with E-state index in [9.17, 15) is 10.1 Å². The zero-order chi connectivity index (χ0) is 10.4. The van der Waals surface area contributed by atoms with Crippen LogP contribution in [-0.2, 0) is 0 Å². The molecule has 1 N–H and O–H groups in total. The van der Waals surface area contributed by atoms with Crippen LogP contribution in [0.1, 0.15) is 0 Å². The number of pyridine rings is 2. The molecule has 3 aromatic heterocycles. The first kappa shape index (κ1) is 8.05. The van der Waals surface area contributed by atoms with Gasteiger partial charge in [-0.2, -0.15) is 4.73 Å². The van der Waals surface area contributed by atoms with Crippen molar-refractivity contribution in [2.45, 2.75) is 0 Å². The van der Waals surface area contributed by atoms with Gasteiger partial charge in [-0.15, -0.1) is 0 Å². The summed E-state index contributed by atoms with van der Waals surface area (Å²) in [4.78, 5) is 11.5. The molecule has 5 nitrogen and oxygen atoms in total. The molecule has 0 aliphatic rings. The number of aromatic nitrogens is 2. The minimum Gasteiger partial charge on any atom is -0.447 e. The van der Waals surface area contributed by atoms with Crippen LogP contribution in [0.2, 0.25) is 0 Å². The van der Waals surface area contributed by atoms with Crippen LogP contribution in [0.25, 0.3) is 22.2 Å². The van der Waals surface area contributed by atoms with E-state index in [2.05, 4.69) is 0 Å². The van der Waals surface area contributed by atoms with Crippen molar-refractivity contribution in [3.05, 3.63) is 41.6 Å². The molecule has 0 amide bonds. The van der Waals surface area contributed by atoms with Gasteiger partial charge in [0.25, 0.3) is 0 Å². The average molecular weight is 203 g/mol. The highest BCUT2D eigenvalue weighted by molar-refractivity contribution is 5.97. The van der Waals surface area contributed by atoms with Crippen molar-refractivity contribution < 1.29 is 14.1 Å². The van der Waals surface area contributed by atoms with Crippen molar-refractivity contribution in [3.8, 4) is 0 Å². The van der Waals surface area contributed by atoms with Gasteiger partial charge in [-0.3, -0.25) is 0 Å². The molecular weight excluding hydrogens is 196 g/mol. The van der Waals surface area contributed by atoms with Gasteiger partial charge in [0.2, 0.25) is 17.3 Å². The Morgan fingerprint density at radius 1 is 1.27 bits per heavy atom. The maximum atomic E-state index is 11.5. The molecular formula is C10H7N2O3+. The summed E-state index contributed by atoms with van der Waals surface area (Å²) in [5, 5.41) is 9.59. The standard InChI is InChI=1S/C10H7N2O3/c13-11-5-1-3-7-9(11)10-8(15-7)4-2-6-12(10)14/h1-6,13H/q+1. The second-order valence-electron chi connectivity index (χ2n) is 3.21. The van der Waals surface area contributed by atoms with Crippen LogP contribution in [0.15, 0.2) is 41.1 Å². The fourth-order valence-electron chi connectivity index (χ4n) is 1.68. The highest BCUT2D eigenvalue weighted by Gasteiger charge is 2.19. The quantitative estimate of drug-likeness (QED) is 0.445. The number of nitrogens with zero attached hydrogens (tertiary/aromatic N) is 2. The fraction of sp³-hybridized carbons (Fsp3) is 0. The van der Waals surface area contributed by atoms with Crippen LogP contribution >= 0.6 is 0 Å². The zero-order valence-electron chi connectivity index (χ0n) is 7.62. The van der Waals surface area contributed by atoms with E-state index in [0.717, 1.165) is 4.73 Å². The molecule has 0 bridgehead atoms. The van der Waals surface area contributed by atoms with E-state index in [0.29, 0.717) is 26.6 Å². The monoisotopic (exact) mass is 203 g/mol. The van der Waals surface area contributed by atoms with Gasteiger partial charge in [0, 0.05) is 17.2 Å². The Balaban J connectivity index is 2.74. The number of hydrogen-bond donors (Lipinski definition) is 1. The molecule has 0 saturated heterocycles. The molecule has 0 atom stereocenters. The van der Waals surface area contributed by atoms with Gasteiger partial charge >= 0.3 is 5.52 Å². The molecule has 3 rings (SSSR count). The first-order chi connectivity index (χ1) is 7.27. The van der Waals surface area contributed by atoms with Crippen LogP contribution in [-0.4, -0.2) is 9.94 Å². The predicted molar refractivity (Wildman–Crippen MR) is 52.3 cm³/mol. The van der Waals surface area contributed by atoms with E-state index in [1.807, 2.05) is 0 Å². The van der Waals surface area contributed by atoms with Crippen molar-refractivity contribution in [2.24, 2.45) is 0 Å². The summed E-state index contributed by atoms with van der Waals surface area (Å²) in [5.74, 6) is 0. The van der Waals surface area contributed by atoms with E-state index in [1.54, 1.807) is 24.3 Å². The molecule has 0 aliphatic heterocycles. The summed E-state index contributed by atoms with van der Waals surface area (Å²) >= 11 is 0. The van der Waals surface area contributed by atoms with Crippen molar-refractivity contribution in [2.75, 3.05) is 0 Å². The largest absolute Gasteiger partial charge is 0.447 e. The Hall–Kier alpha value is -2.30. The van der Waals surface area contributed by atoms with Crippen molar-refractivity contribution in [3.63, 3.8) is 0 Å². The van der Waals surface area contributed by atoms with Crippen LogP contribution in [0, 0.1) is 4.91 Å². The molecule has 0 fully saturated rings. The second-order valence-corrected chi connectivity index (χ2v) is 3.21. The topological polar surface area (TPSA) is 61.3 Å². The van der Waals surface area contributed by atoms with E-state index >= 15 is 0 Å². The first-order valence-corrected chi connectivity index (χ1v) is 4.42. The highest BCUT2D eigenvalue weighted by atomic mass is 16.5. The Morgan fingerprint density at radius 2 is 2.07 bits per heavy atom. The van der Waals surface area contributed by atoms with Crippen molar-refractivity contribution >= 4 is 22.2 Å². The molecule has 0 aliphatic carbocycles. The van der Waals surface area contributed by atoms with Gasteiger partial charge in [-0.1, -0.05) is 0 Å². The number of fused-ring (bicyclic) bond motifs is 3. The summed E-state index contributed by atoms with van der Waals surface area (Å²) in [6.07, 6.45) is 2.81. The summed E-state index contributed by atoms with van der Waals surface area (Å²) in [5.41, 5.74) is 1.64. The van der Waals surface area contributed by atoms with Crippen LogP contribution < -0.4 is 4.43 Å². The Bertz CT molecular complexity index is 711. The molecule has 74 valence electrons. The number of hydrogen-bond acceptors (Lipinski definition) is 3. The molecule has 3 heterocycles. The van der Waals surface area contributed by atoms with Crippen molar-refractivity contribution in [1.29, 1.82) is 0 Å². The van der Waals surface area contributed by atoms with E-state index in [4.69, 9.17) is 4.42 Å². The normalized spacial score (nSPS) is 11.2. The SMILES string of the molecule is O=[n+]1cccc2oc3cccn(O)c3c21. The third-order valence-corrected chi connectivity index (χ3v) is 2.30. The number of rotatable bonds is 0. The minimum absolute atomic E-state index is 0.329. The Kier molecular flexibility index (Phi) is 1.39. The number of furan rings is 1. The maximum Gasteiger partial charge on any atom is 0.335 e. The molecule has 5 heteroatoms. The van der Waals surface area contributed by atoms with Crippen LogP contribution in [0.5, 0.6) is 0 Å². The fourth-order valence-corrected chi connectivity index (χ4v) is 1.68. The Labute approximate surface area is 83.3 Å². The maximum absolute atomic E-state index is 11.5. The lowest BCUT2D eigenvalue weighted by atomic mass is 10.3. The lowest BCUT2D eigenvalue weighted by Gasteiger charge is -1.93. The summed E-state index contributed by atoms with van der Waals surface area (Å²) < 4.78 is 6.97. The van der Waals surface area contributed by atoms with Crippen LogP contribution in [0.3, 0.4) is 0 Å². The van der Waals surface area contributed by atoms with Gasteiger partial charge < -0.3 is 9.62 Å². The van der Waals surface area contributed by atoms with Gasteiger partial charge in [-0.05, 0) is 18.2 Å². The van der Waals surface area contributed by atoms with Crippen LogP contribution in [0.4, 0.5) is 0 Å². The average Bonchev–Trinajstić information content (AvgIpc) is 2.58. The third-order valence-electron chi connectivity index (χ3n) is 2.30. The summed E-state index contributed by atoms with van der Waals surface area (Å²) in [6, 6.07) is 6.62. The summed E-state index contributed by atoms with van der Waals surface area (Å²) in [7, 11) is 0. The van der Waals surface area contributed by atoms with E-state index in [1.165, 1.54) is 12.4 Å². The smallest absolute Gasteiger partial charge is 0.335 e. The lowest BCUT2D eigenvalue weighted by molar-refractivity contribution is -0.463.